The van der Waals surface area contributed by atoms with Crippen molar-refractivity contribution in [3.05, 3.63) is 57.5 Å². The van der Waals surface area contributed by atoms with Gasteiger partial charge in [0.2, 0.25) is 10.0 Å². The Bertz CT molecular complexity index is 928. The van der Waals surface area contributed by atoms with Gasteiger partial charge in [0.1, 0.15) is 4.90 Å². The Kier molecular flexibility index (Phi) is 6.02. The Balaban J connectivity index is 1.88. The van der Waals surface area contributed by atoms with Gasteiger partial charge in [0.15, 0.2) is 0 Å². The highest BCUT2D eigenvalue weighted by Gasteiger charge is 2.28. The minimum absolute atomic E-state index is 0.0194. The molecule has 2 aromatic carbocycles. The van der Waals surface area contributed by atoms with Gasteiger partial charge in [-0.1, -0.05) is 30.2 Å². The summed E-state index contributed by atoms with van der Waals surface area (Å²) in [5.41, 5.74) is 0.841. The fourth-order valence-corrected chi connectivity index (χ4v) is 5.35. The third-order valence-corrected chi connectivity index (χ3v) is 7.31. The summed E-state index contributed by atoms with van der Waals surface area (Å²) in [4.78, 5) is 12.5. The number of benzene rings is 2. The van der Waals surface area contributed by atoms with Crippen LogP contribution in [0.25, 0.3) is 0 Å². The monoisotopic (exact) mass is 456 g/mol. The average molecular weight is 458 g/mol. The van der Waals surface area contributed by atoms with E-state index >= 15 is 0 Å². The Labute approximate surface area is 166 Å². The topological polar surface area (TPSA) is 66.5 Å². The molecule has 8 heteroatoms. The summed E-state index contributed by atoms with van der Waals surface area (Å²) in [6.07, 6.45) is 2.71. The molecule has 0 bridgehead atoms. The number of carbonyl (C=O) groups is 1. The summed E-state index contributed by atoms with van der Waals surface area (Å²) in [5.74, 6) is -0.332. The first kappa shape index (κ1) is 19.4. The van der Waals surface area contributed by atoms with Crippen molar-refractivity contribution in [2.75, 3.05) is 18.4 Å². The van der Waals surface area contributed by atoms with E-state index in [9.17, 15) is 13.2 Å². The Hall–Kier alpha value is -1.41. The van der Waals surface area contributed by atoms with Crippen molar-refractivity contribution in [1.29, 1.82) is 0 Å². The first-order valence-corrected chi connectivity index (χ1v) is 10.9. The van der Waals surface area contributed by atoms with E-state index in [1.54, 1.807) is 24.3 Å². The lowest BCUT2D eigenvalue weighted by Crippen LogP contribution is -2.35. The molecule has 1 amide bonds. The van der Waals surface area contributed by atoms with Crippen LogP contribution in [-0.2, 0) is 10.0 Å². The van der Waals surface area contributed by atoms with Gasteiger partial charge in [0, 0.05) is 23.2 Å². The van der Waals surface area contributed by atoms with Gasteiger partial charge in [-0.05, 0) is 59.1 Å². The van der Waals surface area contributed by atoms with Gasteiger partial charge in [-0.25, -0.2) is 8.42 Å². The van der Waals surface area contributed by atoms with Crippen LogP contribution in [0.4, 0.5) is 5.69 Å². The van der Waals surface area contributed by atoms with Gasteiger partial charge in [-0.2, -0.15) is 4.31 Å². The van der Waals surface area contributed by atoms with E-state index < -0.39 is 10.0 Å². The highest BCUT2D eigenvalue weighted by atomic mass is 79.9. The fourth-order valence-electron chi connectivity index (χ4n) is 2.87. The maximum absolute atomic E-state index is 12.9. The number of hydrogen-bond donors (Lipinski definition) is 1. The third kappa shape index (κ3) is 4.11. The number of sulfonamides is 1. The van der Waals surface area contributed by atoms with Crippen LogP contribution < -0.4 is 5.32 Å². The molecule has 0 saturated carbocycles. The van der Waals surface area contributed by atoms with Crippen LogP contribution >= 0.6 is 27.5 Å². The highest BCUT2D eigenvalue weighted by Crippen LogP contribution is 2.30. The molecule has 26 heavy (non-hydrogen) atoms. The molecule has 1 aliphatic rings. The number of rotatable bonds is 4. The molecule has 0 atom stereocenters. The molecule has 5 nitrogen and oxygen atoms in total. The van der Waals surface area contributed by atoms with Gasteiger partial charge in [-0.15, -0.1) is 0 Å². The predicted molar refractivity (Wildman–Crippen MR) is 106 cm³/mol. The molecular weight excluding hydrogens is 440 g/mol. The van der Waals surface area contributed by atoms with Crippen molar-refractivity contribution in [3.63, 3.8) is 0 Å². The molecule has 3 rings (SSSR count). The summed E-state index contributed by atoms with van der Waals surface area (Å²) in [5, 5.41) is 2.88. The lowest BCUT2D eigenvalue weighted by Gasteiger charge is -2.26. The molecule has 0 radical (unpaired) electrons. The minimum atomic E-state index is -3.68. The number of amides is 1. The van der Waals surface area contributed by atoms with Crippen LogP contribution in [0.1, 0.15) is 29.6 Å². The standard InChI is InChI=1S/C18H18BrClN2O3S/c19-15-7-3-2-6-14(15)18(23)21-13-8-9-16(20)17(12-13)26(24,25)22-10-4-1-5-11-22/h2-3,6-9,12H,1,4-5,10-11H2,(H,21,23). The second-order valence-electron chi connectivity index (χ2n) is 6.04. The molecule has 2 aromatic rings. The predicted octanol–water partition coefficient (Wildman–Crippen LogP) is 4.53. The fraction of sp³-hybridized carbons (Fsp3) is 0.278. The lowest BCUT2D eigenvalue weighted by atomic mass is 10.2. The molecule has 0 spiro atoms. The van der Waals surface area contributed by atoms with E-state index in [1.165, 1.54) is 16.4 Å². The molecular formula is C18H18BrClN2O3S. The minimum Gasteiger partial charge on any atom is -0.322 e. The maximum Gasteiger partial charge on any atom is 0.256 e. The molecule has 1 heterocycles. The number of piperidine rings is 1. The first-order chi connectivity index (χ1) is 12.4. The normalized spacial score (nSPS) is 15.6. The number of hydrogen-bond acceptors (Lipinski definition) is 3. The molecule has 1 saturated heterocycles. The van der Waals surface area contributed by atoms with E-state index in [0.717, 1.165) is 19.3 Å². The number of nitrogens with zero attached hydrogens (tertiary/aromatic N) is 1. The van der Waals surface area contributed by atoms with Crippen molar-refractivity contribution >= 4 is 49.1 Å². The molecule has 0 unspecified atom stereocenters. The average Bonchev–Trinajstić information content (AvgIpc) is 2.64. The zero-order chi connectivity index (χ0) is 18.7. The summed E-state index contributed by atoms with van der Waals surface area (Å²) >= 11 is 9.49. The zero-order valence-electron chi connectivity index (χ0n) is 13.9. The van der Waals surface area contributed by atoms with Crippen LogP contribution in [-0.4, -0.2) is 31.7 Å². The molecule has 0 aromatic heterocycles. The van der Waals surface area contributed by atoms with Gasteiger partial charge in [0.05, 0.1) is 10.6 Å². The van der Waals surface area contributed by atoms with E-state index in [1.807, 2.05) is 6.07 Å². The van der Waals surface area contributed by atoms with E-state index in [4.69, 9.17) is 11.6 Å². The summed E-state index contributed by atoms with van der Waals surface area (Å²) in [6, 6.07) is 11.5. The number of nitrogens with one attached hydrogen (secondary N) is 1. The van der Waals surface area contributed by atoms with Gasteiger partial charge < -0.3 is 5.32 Å². The number of anilines is 1. The van der Waals surface area contributed by atoms with E-state index in [0.29, 0.717) is 28.8 Å². The highest BCUT2D eigenvalue weighted by molar-refractivity contribution is 9.10. The largest absolute Gasteiger partial charge is 0.322 e. The molecule has 1 aliphatic heterocycles. The lowest BCUT2D eigenvalue weighted by molar-refractivity contribution is 0.102. The van der Waals surface area contributed by atoms with Crippen molar-refractivity contribution in [1.82, 2.24) is 4.31 Å². The molecule has 1 fully saturated rings. The van der Waals surface area contributed by atoms with Crippen molar-refractivity contribution in [3.8, 4) is 0 Å². The van der Waals surface area contributed by atoms with Crippen LogP contribution in [0.5, 0.6) is 0 Å². The van der Waals surface area contributed by atoms with E-state index in [2.05, 4.69) is 21.2 Å². The van der Waals surface area contributed by atoms with Crippen LogP contribution in [0.3, 0.4) is 0 Å². The van der Waals surface area contributed by atoms with Gasteiger partial charge in [0.25, 0.3) is 5.91 Å². The first-order valence-electron chi connectivity index (χ1n) is 8.25. The van der Waals surface area contributed by atoms with Gasteiger partial charge in [-0.3, -0.25) is 4.79 Å². The SMILES string of the molecule is O=C(Nc1ccc(Cl)c(S(=O)(=O)N2CCCCC2)c1)c1ccccc1Br. The summed E-state index contributed by atoms with van der Waals surface area (Å²) < 4.78 is 27.9. The van der Waals surface area contributed by atoms with Crippen molar-refractivity contribution < 1.29 is 13.2 Å². The van der Waals surface area contributed by atoms with Gasteiger partial charge >= 0.3 is 0 Å². The van der Waals surface area contributed by atoms with Crippen LogP contribution in [0.2, 0.25) is 5.02 Å². The van der Waals surface area contributed by atoms with Crippen molar-refractivity contribution in [2.45, 2.75) is 24.2 Å². The van der Waals surface area contributed by atoms with Crippen molar-refractivity contribution in [2.24, 2.45) is 0 Å². The summed E-state index contributed by atoms with van der Waals surface area (Å²) in [6.45, 7) is 0.985. The molecule has 138 valence electrons. The summed E-state index contributed by atoms with van der Waals surface area (Å²) in [7, 11) is -3.68. The smallest absolute Gasteiger partial charge is 0.256 e. The number of halogens is 2. The third-order valence-electron chi connectivity index (χ3n) is 4.24. The maximum atomic E-state index is 12.9. The Morgan fingerprint density at radius 2 is 1.77 bits per heavy atom. The Morgan fingerprint density at radius 3 is 2.46 bits per heavy atom. The quantitative estimate of drug-likeness (QED) is 0.733. The molecule has 1 N–H and O–H groups in total. The second-order valence-corrected chi connectivity index (χ2v) is 9.21. The Morgan fingerprint density at radius 1 is 1.08 bits per heavy atom. The zero-order valence-corrected chi connectivity index (χ0v) is 17.1. The van der Waals surface area contributed by atoms with Crippen LogP contribution in [0.15, 0.2) is 51.8 Å². The number of carbonyl (C=O) groups excluding carboxylic acids is 1. The molecule has 0 aliphatic carbocycles. The van der Waals surface area contributed by atoms with E-state index in [-0.39, 0.29) is 15.8 Å². The second kappa shape index (κ2) is 8.08. The van der Waals surface area contributed by atoms with Crippen LogP contribution in [0, 0.1) is 0 Å².